The van der Waals surface area contributed by atoms with Crippen molar-refractivity contribution < 1.29 is 19.1 Å². The molecule has 0 aliphatic heterocycles. The summed E-state index contributed by atoms with van der Waals surface area (Å²) in [6.45, 7) is 1.78. The molecule has 0 radical (unpaired) electrons. The van der Waals surface area contributed by atoms with Crippen molar-refractivity contribution >= 4 is 35.1 Å². The van der Waals surface area contributed by atoms with Crippen molar-refractivity contribution in [1.82, 2.24) is 5.32 Å². The summed E-state index contributed by atoms with van der Waals surface area (Å²) in [5, 5.41) is 3.47. The fourth-order valence-electron chi connectivity index (χ4n) is 2.19. The van der Waals surface area contributed by atoms with Gasteiger partial charge in [-0.05, 0) is 42.7 Å². The maximum Gasteiger partial charge on any atom is 0.344 e. The zero-order valence-electron chi connectivity index (χ0n) is 14.3. The zero-order chi connectivity index (χ0) is 18.9. The molecule has 0 spiro atoms. The Morgan fingerprint density at radius 1 is 1.08 bits per heavy atom. The van der Waals surface area contributed by atoms with Gasteiger partial charge in [-0.15, -0.1) is 0 Å². The lowest BCUT2D eigenvalue weighted by Crippen LogP contribution is -2.31. The van der Waals surface area contributed by atoms with E-state index in [2.05, 4.69) is 5.32 Å². The van der Waals surface area contributed by atoms with E-state index in [1.165, 1.54) is 11.6 Å². The molecule has 2 aromatic carbocycles. The fraction of sp³-hybridized carbons (Fsp3) is 0.263. The average Bonchev–Trinajstić information content (AvgIpc) is 2.61. The number of halogens is 2. The van der Waals surface area contributed by atoms with Gasteiger partial charge in [-0.2, -0.15) is 0 Å². The number of hydrogen-bond acceptors (Lipinski definition) is 4. The minimum atomic E-state index is -0.662. The summed E-state index contributed by atoms with van der Waals surface area (Å²) in [5.41, 5.74) is 2.34. The molecule has 0 aliphatic carbocycles. The van der Waals surface area contributed by atoms with Crippen LogP contribution in [-0.2, 0) is 20.7 Å². The lowest BCUT2D eigenvalue weighted by Gasteiger charge is -2.09. The first-order chi connectivity index (χ1) is 12.5. The lowest BCUT2D eigenvalue weighted by atomic mass is 10.1. The molecular weight excluding hydrogens is 377 g/mol. The number of carbonyl (C=O) groups excluding carboxylic acids is 2. The van der Waals surface area contributed by atoms with E-state index in [1.54, 1.807) is 12.1 Å². The van der Waals surface area contributed by atoms with Gasteiger partial charge in [-0.25, -0.2) is 4.79 Å². The maximum atomic E-state index is 11.7. The maximum absolute atomic E-state index is 11.7. The van der Waals surface area contributed by atoms with E-state index in [0.29, 0.717) is 28.8 Å². The molecule has 0 fully saturated rings. The summed E-state index contributed by atoms with van der Waals surface area (Å²) in [6.07, 6.45) is 0.713. The molecular formula is C19H19Cl2NO4. The number of amides is 1. The van der Waals surface area contributed by atoms with Crippen molar-refractivity contribution in [2.24, 2.45) is 0 Å². The molecule has 1 amide bonds. The van der Waals surface area contributed by atoms with Crippen LogP contribution in [-0.4, -0.2) is 31.6 Å². The fourth-order valence-corrected chi connectivity index (χ4v) is 2.66. The van der Waals surface area contributed by atoms with Gasteiger partial charge in [0.25, 0.3) is 5.91 Å². The van der Waals surface area contributed by atoms with Crippen molar-refractivity contribution in [2.45, 2.75) is 13.3 Å². The van der Waals surface area contributed by atoms with E-state index in [0.717, 1.165) is 5.56 Å². The second kappa shape index (κ2) is 10.0. The monoisotopic (exact) mass is 395 g/mol. The average molecular weight is 396 g/mol. The number of carbonyl (C=O) groups is 2. The van der Waals surface area contributed by atoms with Crippen LogP contribution in [0.2, 0.25) is 10.0 Å². The SMILES string of the molecule is Cc1ccccc1CCNC(=O)COC(=O)COc1ccc(Cl)cc1Cl. The number of aryl methyl sites for hydroxylation is 1. The summed E-state index contributed by atoms with van der Waals surface area (Å²) < 4.78 is 10.1. The van der Waals surface area contributed by atoms with Crippen LogP contribution in [0, 0.1) is 6.92 Å². The van der Waals surface area contributed by atoms with Crippen LogP contribution >= 0.6 is 23.2 Å². The molecule has 0 aromatic heterocycles. The molecule has 7 heteroatoms. The van der Waals surface area contributed by atoms with Gasteiger partial charge in [0.2, 0.25) is 0 Å². The van der Waals surface area contributed by atoms with Crippen LogP contribution in [0.1, 0.15) is 11.1 Å². The topological polar surface area (TPSA) is 64.6 Å². The van der Waals surface area contributed by atoms with Crippen molar-refractivity contribution in [2.75, 3.05) is 19.8 Å². The first-order valence-corrected chi connectivity index (χ1v) is 8.76. The quantitative estimate of drug-likeness (QED) is 0.693. The molecule has 0 bridgehead atoms. The van der Waals surface area contributed by atoms with Gasteiger partial charge >= 0.3 is 5.97 Å². The van der Waals surface area contributed by atoms with Crippen molar-refractivity contribution in [3.8, 4) is 5.75 Å². The Morgan fingerprint density at radius 2 is 1.85 bits per heavy atom. The summed E-state index contributed by atoms with van der Waals surface area (Å²) >= 11 is 11.7. The van der Waals surface area contributed by atoms with Gasteiger partial charge in [-0.3, -0.25) is 4.79 Å². The third kappa shape index (κ3) is 6.58. The van der Waals surface area contributed by atoms with E-state index in [-0.39, 0.29) is 19.1 Å². The number of rotatable bonds is 8. The predicted octanol–water partition coefficient (Wildman–Crippen LogP) is 3.58. The molecule has 5 nitrogen and oxygen atoms in total. The molecule has 0 atom stereocenters. The minimum Gasteiger partial charge on any atom is -0.480 e. The summed E-state index contributed by atoms with van der Waals surface area (Å²) in [7, 11) is 0. The Bertz CT molecular complexity index is 780. The van der Waals surface area contributed by atoms with E-state index in [4.69, 9.17) is 32.7 Å². The third-order valence-electron chi connectivity index (χ3n) is 3.58. The van der Waals surface area contributed by atoms with Crippen LogP contribution in [0.25, 0.3) is 0 Å². The molecule has 0 saturated carbocycles. The standard InChI is InChI=1S/C19H19Cl2NO4/c1-13-4-2-3-5-14(13)8-9-22-18(23)11-26-19(24)12-25-17-7-6-15(20)10-16(17)21/h2-7,10H,8-9,11-12H2,1H3,(H,22,23). The predicted molar refractivity (Wildman–Crippen MR) is 101 cm³/mol. The molecule has 2 aromatic rings. The Kier molecular flexibility index (Phi) is 7.75. The van der Waals surface area contributed by atoms with Crippen LogP contribution in [0.3, 0.4) is 0 Å². The molecule has 0 saturated heterocycles. The van der Waals surface area contributed by atoms with E-state index in [9.17, 15) is 9.59 Å². The Hall–Kier alpha value is -2.24. The number of esters is 1. The third-order valence-corrected chi connectivity index (χ3v) is 4.11. The zero-order valence-corrected chi connectivity index (χ0v) is 15.8. The van der Waals surface area contributed by atoms with Gasteiger partial charge in [0, 0.05) is 11.6 Å². The van der Waals surface area contributed by atoms with Gasteiger partial charge in [0.15, 0.2) is 13.2 Å². The Morgan fingerprint density at radius 3 is 2.58 bits per heavy atom. The highest BCUT2D eigenvalue weighted by Crippen LogP contribution is 2.27. The smallest absolute Gasteiger partial charge is 0.344 e. The Balaban J connectivity index is 1.65. The molecule has 0 heterocycles. The van der Waals surface area contributed by atoms with Crippen LogP contribution < -0.4 is 10.1 Å². The highest BCUT2D eigenvalue weighted by Gasteiger charge is 2.10. The van der Waals surface area contributed by atoms with Crippen molar-refractivity contribution in [3.05, 3.63) is 63.6 Å². The van der Waals surface area contributed by atoms with Gasteiger partial charge < -0.3 is 14.8 Å². The molecule has 0 aliphatic rings. The van der Waals surface area contributed by atoms with Gasteiger partial charge in [-0.1, -0.05) is 47.5 Å². The van der Waals surface area contributed by atoms with Crippen LogP contribution in [0.5, 0.6) is 5.75 Å². The summed E-state index contributed by atoms with van der Waals surface area (Å²) in [6, 6.07) is 12.6. The highest BCUT2D eigenvalue weighted by molar-refractivity contribution is 6.35. The van der Waals surface area contributed by atoms with Crippen molar-refractivity contribution in [3.63, 3.8) is 0 Å². The lowest BCUT2D eigenvalue weighted by molar-refractivity contribution is -0.150. The van der Waals surface area contributed by atoms with Crippen LogP contribution in [0.15, 0.2) is 42.5 Å². The van der Waals surface area contributed by atoms with Gasteiger partial charge in [0.05, 0.1) is 5.02 Å². The molecule has 26 heavy (non-hydrogen) atoms. The van der Waals surface area contributed by atoms with E-state index in [1.807, 2.05) is 31.2 Å². The minimum absolute atomic E-state index is 0.291. The Labute approximate surface area is 162 Å². The largest absolute Gasteiger partial charge is 0.480 e. The van der Waals surface area contributed by atoms with E-state index < -0.39 is 5.97 Å². The molecule has 138 valence electrons. The number of ether oxygens (including phenoxy) is 2. The molecule has 1 N–H and O–H groups in total. The second-order valence-electron chi connectivity index (χ2n) is 5.55. The van der Waals surface area contributed by atoms with Crippen LogP contribution in [0.4, 0.5) is 0 Å². The first-order valence-electron chi connectivity index (χ1n) is 8.00. The normalized spacial score (nSPS) is 10.3. The molecule has 2 rings (SSSR count). The second-order valence-corrected chi connectivity index (χ2v) is 6.39. The molecule has 0 unspecified atom stereocenters. The van der Waals surface area contributed by atoms with E-state index >= 15 is 0 Å². The number of nitrogens with one attached hydrogen (secondary N) is 1. The summed E-state index contributed by atoms with van der Waals surface area (Å²) in [4.78, 5) is 23.4. The first kappa shape index (κ1) is 20.1. The van der Waals surface area contributed by atoms with Crippen molar-refractivity contribution in [1.29, 1.82) is 0 Å². The van der Waals surface area contributed by atoms with Gasteiger partial charge in [0.1, 0.15) is 5.75 Å². The highest BCUT2D eigenvalue weighted by atomic mass is 35.5. The number of hydrogen-bond donors (Lipinski definition) is 1. The summed E-state index contributed by atoms with van der Waals surface area (Å²) in [5.74, 6) is -0.711. The number of benzene rings is 2.